The lowest BCUT2D eigenvalue weighted by Gasteiger charge is -2.29. The molecule has 1 saturated heterocycles. The van der Waals surface area contributed by atoms with Crippen LogP contribution in [0.3, 0.4) is 0 Å². The Morgan fingerprint density at radius 1 is 1.58 bits per heavy atom. The van der Waals surface area contributed by atoms with E-state index in [-0.39, 0.29) is 25.5 Å². The summed E-state index contributed by atoms with van der Waals surface area (Å²) in [5, 5.41) is 0.458. The molecule has 1 heterocycles. The van der Waals surface area contributed by atoms with E-state index < -0.39 is 30.5 Å². The summed E-state index contributed by atoms with van der Waals surface area (Å²) in [5.41, 5.74) is 0. The normalized spacial score (nSPS) is 21.6. The molecule has 0 aromatic heterocycles. The van der Waals surface area contributed by atoms with Crippen molar-refractivity contribution in [3.63, 3.8) is 0 Å². The number of halogens is 4. The van der Waals surface area contributed by atoms with Crippen LogP contribution in [0, 0.1) is 5.92 Å². The van der Waals surface area contributed by atoms with Crippen molar-refractivity contribution in [2.45, 2.75) is 32.0 Å². The zero-order valence-corrected chi connectivity index (χ0v) is 12.0. The molecule has 0 radical (unpaired) electrons. The summed E-state index contributed by atoms with van der Waals surface area (Å²) in [7, 11) is 0. The molecule has 0 spiro atoms. The number of nitrogens with zero attached hydrogens (tertiary/aromatic N) is 1. The average molecular weight is 346 g/mol. The van der Waals surface area contributed by atoms with Gasteiger partial charge in [0.15, 0.2) is 0 Å². The fraction of sp³-hybridized carbons (Fsp3) is 0.818. The monoisotopic (exact) mass is 345 g/mol. The predicted molar refractivity (Wildman–Crippen MR) is 64.7 cm³/mol. The van der Waals surface area contributed by atoms with Gasteiger partial charge < -0.3 is 9.64 Å². The fourth-order valence-electron chi connectivity index (χ4n) is 1.99. The molecule has 0 aromatic rings. The van der Waals surface area contributed by atoms with Gasteiger partial charge in [0.2, 0.25) is 5.91 Å². The van der Waals surface area contributed by atoms with Gasteiger partial charge in [-0.25, -0.2) is 0 Å². The highest BCUT2D eigenvalue weighted by atomic mass is 79.9. The minimum absolute atomic E-state index is 0.00760. The van der Waals surface area contributed by atoms with Crippen LogP contribution in [0.5, 0.6) is 0 Å². The number of hydrogen-bond donors (Lipinski definition) is 0. The van der Waals surface area contributed by atoms with Crippen molar-refractivity contribution in [2.24, 2.45) is 5.92 Å². The Bertz CT molecular complexity index is 349. The molecule has 2 unspecified atom stereocenters. The van der Waals surface area contributed by atoms with Crippen LogP contribution in [-0.4, -0.2) is 47.5 Å². The molecule has 110 valence electrons. The van der Waals surface area contributed by atoms with Gasteiger partial charge in [0, 0.05) is 18.3 Å². The highest BCUT2D eigenvalue weighted by Gasteiger charge is 2.49. The quantitative estimate of drug-likeness (QED) is 0.566. The number of carbonyl (C=O) groups is 2. The van der Waals surface area contributed by atoms with Crippen LogP contribution < -0.4 is 0 Å². The maximum atomic E-state index is 13.0. The summed E-state index contributed by atoms with van der Waals surface area (Å²) >= 11 is 3.15. The van der Waals surface area contributed by atoms with Crippen molar-refractivity contribution in [3.05, 3.63) is 0 Å². The Morgan fingerprint density at radius 3 is 2.63 bits per heavy atom. The van der Waals surface area contributed by atoms with Crippen molar-refractivity contribution in [2.75, 3.05) is 18.5 Å². The molecule has 0 aliphatic carbocycles. The smallest absolute Gasteiger partial charge is 0.409 e. The van der Waals surface area contributed by atoms with Crippen molar-refractivity contribution in [3.8, 4) is 0 Å². The van der Waals surface area contributed by atoms with Crippen molar-refractivity contribution in [1.82, 2.24) is 4.90 Å². The molecule has 1 aliphatic heterocycles. The molecule has 1 amide bonds. The van der Waals surface area contributed by atoms with Gasteiger partial charge in [-0.1, -0.05) is 15.9 Å². The first-order valence-corrected chi connectivity index (χ1v) is 6.99. The topological polar surface area (TPSA) is 46.6 Å². The van der Waals surface area contributed by atoms with Crippen LogP contribution >= 0.6 is 15.9 Å². The number of carbonyl (C=O) groups excluding carboxylic acids is 2. The first-order chi connectivity index (χ1) is 8.79. The lowest BCUT2D eigenvalue weighted by Crippen LogP contribution is -2.48. The second kappa shape index (κ2) is 6.58. The molecule has 1 rings (SSSR count). The lowest BCUT2D eigenvalue weighted by atomic mass is 10.1. The summed E-state index contributed by atoms with van der Waals surface area (Å²) in [6, 6.07) is -2.09. The van der Waals surface area contributed by atoms with Crippen LogP contribution in [0.4, 0.5) is 13.2 Å². The molecule has 0 saturated carbocycles. The number of esters is 1. The van der Waals surface area contributed by atoms with Crippen LogP contribution in [0.2, 0.25) is 0 Å². The first-order valence-electron chi connectivity index (χ1n) is 5.87. The van der Waals surface area contributed by atoms with E-state index in [9.17, 15) is 22.8 Å². The highest BCUT2D eigenvalue weighted by Crippen LogP contribution is 2.32. The maximum Gasteiger partial charge on any atom is 0.409 e. The molecule has 0 bridgehead atoms. The van der Waals surface area contributed by atoms with Gasteiger partial charge in [-0.05, 0) is 12.8 Å². The van der Waals surface area contributed by atoms with Crippen LogP contribution in [0.15, 0.2) is 0 Å². The molecule has 8 heteroatoms. The van der Waals surface area contributed by atoms with Crippen LogP contribution in [0.25, 0.3) is 0 Å². The van der Waals surface area contributed by atoms with Gasteiger partial charge in [0.1, 0.15) is 6.04 Å². The van der Waals surface area contributed by atoms with E-state index in [1.165, 1.54) is 6.92 Å². The Labute approximate surface area is 117 Å². The molecular formula is C11H15BrF3NO3. The molecule has 19 heavy (non-hydrogen) atoms. The standard InChI is InChI=1S/C11H15BrF3NO3/c1-2-19-10(18)4-8(11(13,14)15)16-6-7(5-12)3-9(16)17/h7-8H,2-6H2,1H3. The second-order valence-electron chi connectivity index (χ2n) is 4.34. The van der Waals surface area contributed by atoms with Gasteiger partial charge >= 0.3 is 12.1 Å². The van der Waals surface area contributed by atoms with Gasteiger partial charge in [0.25, 0.3) is 0 Å². The zero-order valence-electron chi connectivity index (χ0n) is 10.4. The highest BCUT2D eigenvalue weighted by molar-refractivity contribution is 9.09. The lowest BCUT2D eigenvalue weighted by molar-refractivity contribution is -0.193. The summed E-state index contributed by atoms with van der Waals surface area (Å²) in [6.45, 7) is 1.54. The number of hydrogen-bond acceptors (Lipinski definition) is 3. The van der Waals surface area contributed by atoms with E-state index in [4.69, 9.17) is 0 Å². The van der Waals surface area contributed by atoms with Crippen LogP contribution in [0.1, 0.15) is 19.8 Å². The fourth-order valence-corrected chi connectivity index (χ4v) is 2.43. The number of ether oxygens (including phenoxy) is 1. The minimum atomic E-state index is -4.64. The van der Waals surface area contributed by atoms with Gasteiger partial charge in [-0.3, -0.25) is 9.59 Å². The maximum absolute atomic E-state index is 13.0. The number of amides is 1. The van der Waals surface area contributed by atoms with Gasteiger partial charge in [-0.2, -0.15) is 13.2 Å². The van der Waals surface area contributed by atoms with Crippen molar-refractivity contribution >= 4 is 27.8 Å². The summed E-state index contributed by atoms with van der Waals surface area (Å²) in [6.07, 6.45) is -5.41. The second-order valence-corrected chi connectivity index (χ2v) is 4.98. The van der Waals surface area contributed by atoms with E-state index in [2.05, 4.69) is 20.7 Å². The third kappa shape index (κ3) is 4.36. The Morgan fingerprint density at radius 2 is 2.21 bits per heavy atom. The van der Waals surface area contributed by atoms with Crippen LogP contribution in [-0.2, 0) is 14.3 Å². The molecule has 0 N–H and O–H groups in total. The largest absolute Gasteiger partial charge is 0.466 e. The first kappa shape index (κ1) is 16.3. The third-order valence-corrected chi connectivity index (χ3v) is 3.79. The van der Waals surface area contributed by atoms with Gasteiger partial charge in [0.05, 0.1) is 13.0 Å². The third-order valence-electron chi connectivity index (χ3n) is 2.88. The number of rotatable bonds is 5. The molecular weight excluding hydrogens is 331 g/mol. The van der Waals surface area contributed by atoms with E-state index in [0.29, 0.717) is 5.33 Å². The molecule has 1 fully saturated rings. The molecule has 2 atom stereocenters. The van der Waals surface area contributed by atoms with Gasteiger partial charge in [-0.15, -0.1) is 0 Å². The Balaban J connectivity index is 2.80. The summed E-state index contributed by atoms with van der Waals surface area (Å²) in [5.74, 6) is -1.67. The zero-order chi connectivity index (χ0) is 14.6. The molecule has 0 aromatic carbocycles. The summed E-state index contributed by atoms with van der Waals surface area (Å²) in [4.78, 5) is 23.6. The molecule has 1 aliphatic rings. The SMILES string of the molecule is CCOC(=O)CC(N1CC(CBr)CC1=O)C(F)(F)F. The predicted octanol–water partition coefficient (Wildman–Crippen LogP) is 2.11. The van der Waals surface area contributed by atoms with Crippen molar-refractivity contribution < 1.29 is 27.5 Å². The number of likely N-dealkylation sites (tertiary alicyclic amines) is 1. The minimum Gasteiger partial charge on any atom is -0.466 e. The molecule has 4 nitrogen and oxygen atoms in total. The van der Waals surface area contributed by atoms with E-state index in [1.54, 1.807) is 0 Å². The Hall–Kier alpha value is -0.790. The van der Waals surface area contributed by atoms with E-state index in [1.807, 2.05) is 0 Å². The van der Waals surface area contributed by atoms with Crippen molar-refractivity contribution in [1.29, 1.82) is 0 Å². The van der Waals surface area contributed by atoms with E-state index >= 15 is 0 Å². The summed E-state index contributed by atoms with van der Waals surface area (Å²) < 4.78 is 43.4. The van der Waals surface area contributed by atoms with E-state index in [0.717, 1.165) is 4.90 Å². The average Bonchev–Trinajstić information content (AvgIpc) is 2.66. The number of alkyl halides is 4. The Kier molecular flexibility index (Phi) is 5.64.